The number of hydrogen-bond donors (Lipinski definition) is 1. The van der Waals surface area contributed by atoms with Crippen LogP contribution in [0.1, 0.15) is 58.3 Å². The van der Waals surface area contributed by atoms with Gasteiger partial charge >= 0.3 is 0 Å². The standard InChI is InChI=1S/C17H33N3O.HI/c1-3-21-14-8-7-12-19-16(18-2)20-13-11-17(15-20)9-5-4-6-10-17;/h3-15H2,1-2H3,(H,18,19);1H. The molecule has 0 atom stereocenters. The fraction of sp³-hybridized carbons (Fsp3) is 0.941. The van der Waals surface area contributed by atoms with Crippen molar-refractivity contribution in [3.05, 3.63) is 0 Å². The number of aliphatic imine (C=N–C) groups is 1. The molecule has 1 heterocycles. The number of halogens is 1. The number of guanidine groups is 1. The van der Waals surface area contributed by atoms with Crippen molar-refractivity contribution in [3.63, 3.8) is 0 Å². The van der Waals surface area contributed by atoms with E-state index in [1.54, 1.807) is 0 Å². The van der Waals surface area contributed by atoms with Crippen LogP contribution in [-0.2, 0) is 4.74 Å². The lowest BCUT2D eigenvalue weighted by Gasteiger charge is -2.33. The van der Waals surface area contributed by atoms with Crippen molar-refractivity contribution in [1.82, 2.24) is 10.2 Å². The molecule has 1 spiro atoms. The number of nitrogens with zero attached hydrogens (tertiary/aromatic N) is 2. The molecule has 0 aromatic heterocycles. The molecule has 4 nitrogen and oxygen atoms in total. The van der Waals surface area contributed by atoms with Crippen LogP contribution in [0.4, 0.5) is 0 Å². The predicted molar refractivity (Wildman–Crippen MR) is 104 cm³/mol. The van der Waals surface area contributed by atoms with Gasteiger partial charge in [-0.3, -0.25) is 4.99 Å². The lowest BCUT2D eigenvalue weighted by atomic mass is 9.73. The molecule has 2 rings (SSSR count). The molecule has 22 heavy (non-hydrogen) atoms. The second kappa shape index (κ2) is 10.7. The van der Waals surface area contributed by atoms with Gasteiger partial charge in [0.25, 0.3) is 0 Å². The number of likely N-dealkylation sites (tertiary alicyclic amines) is 1. The average Bonchev–Trinajstić information content (AvgIpc) is 2.91. The first-order valence-corrected chi connectivity index (χ1v) is 8.83. The van der Waals surface area contributed by atoms with Crippen LogP contribution in [0.25, 0.3) is 0 Å². The minimum atomic E-state index is 0. The molecule has 0 radical (unpaired) electrons. The minimum Gasteiger partial charge on any atom is -0.382 e. The van der Waals surface area contributed by atoms with Crippen molar-refractivity contribution in [2.75, 3.05) is 39.9 Å². The maximum atomic E-state index is 5.37. The number of ether oxygens (including phenoxy) is 1. The second-order valence-electron chi connectivity index (χ2n) is 6.61. The highest BCUT2D eigenvalue weighted by Gasteiger charge is 2.39. The molecule has 2 fully saturated rings. The van der Waals surface area contributed by atoms with Crippen molar-refractivity contribution in [2.24, 2.45) is 10.4 Å². The van der Waals surface area contributed by atoms with Gasteiger partial charge in [-0.05, 0) is 44.4 Å². The minimum absolute atomic E-state index is 0. The summed E-state index contributed by atoms with van der Waals surface area (Å²) in [4.78, 5) is 6.96. The zero-order valence-corrected chi connectivity index (χ0v) is 16.7. The molecule has 2 aliphatic rings. The van der Waals surface area contributed by atoms with Gasteiger partial charge in [-0.2, -0.15) is 0 Å². The Balaban J connectivity index is 0.00000242. The van der Waals surface area contributed by atoms with Gasteiger partial charge in [-0.1, -0.05) is 19.3 Å². The van der Waals surface area contributed by atoms with E-state index in [0.717, 1.165) is 38.6 Å². The third kappa shape index (κ3) is 5.87. The van der Waals surface area contributed by atoms with Crippen molar-refractivity contribution >= 4 is 29.9 Å². The lowest BCUT2D eigenvalue weighted by molar-refractivity contribution is 0.143. The Kier molecular flexibility index (Phi) is 9.71. The first-order chi connectivity index (χ1) is 10.3. The third-order valence-electron chi connectivity index (χ3n) is 5.07. The SMILES string of the molecule is CCOCCCCNC(=NC)N1CCC2(CCCCC2)C1.I. The fourth-order valence-electron chi connectivity index (χ4n) is 3.83. The normalized spacial score (nSPS) is 21.0. The van der Waals surface area contributed by atoms with Gasteiger partial charge in [0.05, 0.1) is 0 Å². The summed E-state index contributed by atoms with van der Waals surface area (Å²) in [6, 6.07) is 0. The highest BCUT2D eigenvalue weighted by Crippen LogP contribution is 2.43. The summed E-state index contributed by atoms with van der Waals surface area (Å²) in [6.07, 6.45) is 10.8. The van der Waals surface area contributed by atoms with Gasteiger partial charge < -0.3 is 15.0 Å². The molecular weight excluding hydrogens is 389 g/mol. The molecule has 0 bridgehead atoms. The quantitative estimate of drug-likeness (QED) is 0.307. The van der Waals surface area contributed by atoms with E-state index in [9.17, 15) is 0 Å². The number of unbranched alkanes of at least 4 members (excludes halogenated alkanes) is 1. The van der Waals surface area contributed by atoms with Crippen LogP contribution >= 0.6 is 24.0 Å². The van der Waals surface area contributed by atoms with Gasteiger partial charge in [0.1, 0.15) is 0 Å². The maximum absolute atomic E-state index is 5.37. The van der Waals surface area contributed by atoms with Crippen LogP contribution in [0.15, 0.2) is 4.99 Å². The van der Waals surface area contributed by atoms with Crippen LogP contribution in [0.5, 0.6) is 0 Å². The molecule has 0 aromatic carbocycles. The van der Waals surface area contributed by atoms with Gasteiger partial charge in [0, 0.05) is 39.9 Å². The van der Waals surface area contributed by atoms with Crippen molar-refractivity contribution in [2.45, 2.75) is 58.3 Å². The van der Waals surface area contributed by atoms with E-state index in [4.69, 9.17) is 4.74 Å². The summed E-state index contributed by atoms with van der Waals surface area (Å²) in [5, 5.41) is 3.53. The molecular formula is C17H34IN3O. The van der Waals surface area contributed by atoms with E-state index < -0.39 is 0 Å². The summed E-state index contributed by atoms with van der Waals surface area (Å²) in [5.74, 6) is 1.11. The van der Waals surface area contributed by atoms with E-state index in [2.05, 4.69) is 22.1 Å². The molecule has 1 aliphatic carbocycles. The lowest BCUT2D eigenvalue weighted by Crippen LogP contribution is -2.42. The summed E-state index contributed by atoms with van der Waals surface area (Å²) >= 11 is 0. The smallest absolute Gasteiger partial charge is 0.193 e. The molecule has 1 N–H and O–H groups in total. The molecule has 1 saturated carbocycles. The summed E-state index contributed by atoms with van der Waals surface area (Å²) in [5.41, 5.74) is 0.602. The van der Waals surface area contributed by atoms with Crippen LogP contribution in [-0.4, -0.2) is 50.8 Å². The summed E-state index contributed by atoms with van der Waals surface area (Å²) in [6.45, 7) is 7.15. The van der Waals surface area contributed by atoms with E-state index >= 15 is 0 Å². The Hall–Kier alpha value is -0.0400. The van der Waals surface area contributed by atoms with Gasteiger partial charge in [0.2, 0.25) is 0 Å². The van der Waals surface area contributed by atoms with Crippen molar-refractivity contribution in [3.8, 4) is 0 Å². The van der Waals surface area contributed by atoms with E-state index in [1.165, 1.54) is 51.6 Å². The highest BCUT2D eigenvalue weighted by molar-refractivity contribution is 14.0. The van der Waals surface area contributed by atoms with Gasteiger partial charge in [-0.15, -0.1) is 24.0 Å². The Morgan fingerprint density at radius 1 is 1.18 bits per heavy atom. The molecule has 0 amide bonds. The maximum Gasteiger partial charge on any atom is 0.193 e. The molecule has 5 heteroatoms. The number of rotatable bonds is 6. The highest BCUT2D eigenvalue weighted by atomic mass is 127. The predicted octanol–water partition coefficient (Wildman–Crippen LogP) is 3.65. The van der Waals surface area contributed by atoms with Crippen LogP contribution in [0.3, 0.4) is 0 Å². The molecule has 130 valence electrons. The second-order valence-corrected chi connectivity index (χ2v) is 6.61. The van der Waals surface area contributed by atoms with E-state index in [0.29, 0.717) is 5.41 Å². The third-order valence-corrected chi connectivity index (χ3v) is 5.07. The van der Waals surface area contributed by atoms with Crippen molar-refractivity contribution in [1.29, 1.82) is 0 Å². The summed E-state index contributed by atoms with van der Waals surface area (Å²) in [7, 11) is 1.91. The van der Waals surface area contributed by atoms with Crippen LogP contribution in [0, 0.1) is 5.41 Å². The molecule has 0 unspecified atom stereocenters. The van der Waals surface area contributed by atoms with Gasteiger partial charge in [-0.25, -0.2) is 0 Å². The fourth-order valence-corrected chi connectivity index (χ4v) is 3.83. The van der Waals surface area contributed by atoms with E-state index in [-0.39, 0.29) is 24.0 Å². The first-order valence-electron chi connectivity index (χ1n) is 8.83. The van der Waals surface area contributed by atoms with Crippen LogP contribution < -0.4 is 5.32 Å². The zero-order chi connectivity index (χ0) is 15.0. The molecule has 0 aromatic rings. The average molecular weight is 423 g/mol. The molecule has 1 saturated heterocycles. The van der Waals surface area contributed by atoms with Gasteiger partial charge in [0.15, 0.2) is 5.96 Å². The summed E-state index contributed by atoms with van der Waals surface area (Å²) < 4.78 is 5.37. The number of nitrogens with one attached hydrogen (secondary N) is 1. The topological polar surface area (TPSA) is 36.9 Å². The molecule has 1 aliphatic heterocycles. The first kappa shape index (κ1) is 20.0. The van der Waals surface area contributed by atoms with Crippen molar-refractivity contribution < 1.29 is 4.74 Å². The largest absolute Gasteiger partial charge is 0.382 e. The van der Waals surface area contributed by atoms with Crippen LogP contribution in [0.2, 0.25) is 0 Å². The Bertz CT molecular complexity index is 330. The Morgan fingerprint density at radius 2 is 1.95 bits per heavy atom. The Morgan fingerprint density at radius 3 is 2.64 bits per heavy atom. The zero-order valence-electron chi connectivity index (χ0n) is 14.4. The monoisotopic (exact) mass is 423 g/mol. The van der Waals surface area contributed by atoms with E-state index in [1.807, 2.05) is 7.05 Å². The number of hydrogen-bond acceptors (Lipinski definition) is 2. The Labute approximate surface area is 153 Å².